The maximum atomic E-state index is 4.58. The monoisotopic (exact) mass is 496 g/mol. The van der Waals surface area contributed by atoms with Crippen molar-refractivity contribution in [3.63, 3.8) is 0 Å². The number of benzene rings is 1. The van der Waals surface area contributed by atoms with E-state index in [9.17, 15) is 0 Å². The number of aromatic nitrogens is 3. The van der Waals surface area contributed by atoms with Crippen LogP contribution in [0.1, 0.15) is 23.2 Å². The number of rotatable bonds is 6. The molecule has 0 aliphatic rings. The smallest absolute Gasteiger partial charge is 0.194 e. The zero-order chi connectivity index (χ0) is 18.4. The van der Waals surface area contributed by atoms with Gasteiger partial charge in [-0.2, -0.15) is 5.10 Å². The summed E-state index contributed by atoms with van der Waals surface area (Å²) in [6, 6.07) is 10.1. The van der Waals surface area contributed by atoms with Crippen LogP contribution in [-0.2, 0) is 19.5 Å². The van der Waals surface area contributed by atoms with E-state index >= 15 is 0 Å². The van der Waals surface area contributed by atoms with Crippen molar-refractivity contribution in [2.45, 2.75) is 26.4 Å². The SMILES string of the molecule is CCc1nc(CNC(=NC)N(C)Cc2cnn(-c3ccccc3)c2)cs1.I. The van der Waals surface area contributed by atoms with Crippen molar-refractivity contribution < 1.29 is 0 Å². The molecule has 0 saturated carbocycles. The van der Waals surface area contributed by atoms with Gasteiger partial charge in [-0.3, -0.25) is 4.99 Å². The van der Waals surface area contributed by atoms with Gasteiger partial charge in [0.15, 0.2) is 5.96 Å². The summed E-state index contributed by atoms with van der Waals surface area (Å²) in [4.78, 5) is 11.0. The van der Waals surface area contributed by atoms with Crippen LogP contribution < -0.4 is 5.32 Å². The molecular weight excluding hydrogens is 471 g/mol. The Morgan fingerprint density at radius 2 is 2.07 bits per heavy atom. The number of thiazole rings is 1. The quantitative estimate of drug-likeness (QED) is 0.321. The summed E-state index contributed by atoms with van der Waals surface area (Å²) in [6.07, 6.45) is 4.92. The highest BCUT2D eigenvalue weighted by molar-refractivity contribution is 14.0. The Morgan fingerprint density at radius 3 is 2.74 bits per heavy atom. The lowest BCUT2D eigenvalue weighted by Crippen LogP contribution is -2.38. The highest BCUT2D eigenvalue weighted by atomic mass is 127. The molecule has 0 saturated heterocycles. The number of hydrogen-bond acceptors (Lipinski definition) is 4. The molecule has 3 rings (SSSR count). The highest BCUT2D eigenvalue weighted by Crippen LogP contribution is 2.11. The summed E-state index contributed by atoms with van der Waals surface area (Å²) >= 11 is 1.70. The molecule has 144 valence electrons. The van der Waals surface area contributed by atoms with Crippen molar-refractivity contribution in [3.8, 4) is 5.69 Å². The third-order valence-corrected chi connectivity index (χ3v) is 5.02. The van der Waals surface area contributed by atoms with Gasteiger partial charge in [-0.05, 0) is 18.6 Å². The van der Waals surface area contributed by atoms with Crippen LogP contribution in [0, 0.1) is 0 Å². The Morgan fingerprint density at radius 1 is 1.30 bits per heavy atom. The molecule has 8 heteroatoms. The third-order valence-electron chi connectivity index (χ3n) is 3.98. The van der Waals surface area contributed by atoms with Crippen LogP contribution in [-0.4, -0.2) is 39.7 Å². The standard InChI is InChI=1S/C19H24N6S.HI/c1-4-18-23-16(14-26-18)11-21-19(20-2)24(3)12-15-10-22-25(13-15)17-8-6-5-7-9-17;/h5-10,13-14H,4,11-12H2,1-3H3,(H,20,21);1H. The maximum absolute atomic E-state index is 4.58. The normalized spacial score (nSPS) is 11.1. The molecule has 0 radical (unpaired) electrons. The summed E-state index contributed by atoms with van der Waals surface area (Å²) < 4.78 is 1.89. The van der Waals surface area contributed by atoms with E-state index < -0.39 is 0 Å². The highest BCUT2D eigenvalue weighted by Gasteiger charge is 2.09. The summed E-state index contributed by atoms with van der Waals surface area (Å²) in [5.41, 5.74) is 3.23. The van der Waals surface area contributed by atoms with Gasteiger partial charge < -0.3 is 10.2 Å². The molecule has 2 heterocycles. The molecule has 0 unspecified atom stereocenters. The first-order chi connectivity index (χ1) is 12.7. The lowest BCUT2D eigenvalue weighted by molar-refractivity contribution is 0.476. The fourth-order valence-electron chi connectivity index (χ4n) is 2.66. The minimum atomic E-state index is 0. The number of hydrogen-bond donors (Lipinski definition) is 1. The molecule has 0 atom stereocenters. The van der Waals surface area contributed by atoms with Gasteiger partial charge in [-0.25, -0.2) is 9.67 Å². The van der Waals surface area contributed by atoms with Crippen molar-refractivity contribution in [3.05, 3.63) is 64.4 Å². The summed E-state index contributed by atoms with van der Waals surface area (Å²) in [5, 5.41) is 11.1. The van der Waals surface area contributed by atoms with Gasteiger partial charge in [0.1, 0.15) is 0 Å². The number of halogens is 1. The maximum Gasteiger partial charge on any atom is 0.194 e. The minimum absolute atomic E-state index is 0. The van der Waals surface area contributed by atoms with Gasteiger partial charge in [0.05, 0.1) is 29.1 Å². The van der Waals surface area contributed by atoms with Gasteiger partial charge in [0.25, 0.3) is 0 Å². The largest absolute Gasteiger partial charge is 0.351 e. The van der Waals surface area contributed by atoms with E-state index in [1.54, 1.807) is 18.4 Å². The lowest BCUT2D eigenvalue weighted by Gasteiger charge is -2.21. The zero-order valence-corrected chi connectivity index (χ0v) is 18.9. The third kappa shape index (κ3) is 5.77. The topological polar surface area (TPSA) is 58.3 Å². The van der Waals surface area contributed by atoms with Crippen molar-refractivity contribution in [1.29, 1.82) is 0 Å². The average molecular weight is 496 g/mol. The minimum Gasteiger partial charge on any atom is -0.351 e. The van der Waals surface area contributed by atoms with E-state index in [1.807, 2.05) is 54.5 Å². The van der Waals surface area contributed by atoms with Crippen molar-refractivity contribution >= 4 is 41.3 Å². The van der Waals surface area contributed by atoms with Crippen molar-refractivity contribution in [1.82, 2.24) is 25.0 Å². The fourth-order valence-corrected chi connectivity index (χ4v) is 3.40. The number of guanidine groups is 1. The van der Waals surface area contributed by atoms with Crippen LogP contribution in [0.3, 0.4) is 0 Å². The Hall–Kier alpha value is -1.94. The molecule has 1 aromatic carbocycles. The van der Waals surface area contributed by atoms with E-state index in [0.717, 1.165) is 35.9 Å². The van der Waals surface area contributed by atoms with Crippen LogP contribution in [0.2, 0.25) is 0 Å². The van der Waals surface area contributed by atoms with Crippen LogP contribution in [0.25, 0.3) is 5.69 Å². The predicted octanol–water partition coefficient (Wildman–Crippen LogP) is 3.72. The second-order valence-electron chi connectivity index (χ2n) is 5.97. The fraction of sp³-hybridized carbons (Fsp3) is 0.316. The van der Waals surface area contributed by atoms with Gasteiger partial charge in [-0.15, -0.1) is 35.3 Å². The summed E-state index contributed by atoms with van der Waals surface area (Å²) in [5.74, 6) is 0.837. The molecule has 0 aliphatic heterocycles. The second kappa shape index (κ2) is 10.4. The van der Waals surface area contributed by atoms with Crippen LogP contribution in [0.4, 0.5) is 0 Å². The van der Waals surface area contributed by atoms with Crippen molar-refractivity contribution in [2.24, 2.45) is 4.99 Å². The summed E-state index contributed by atoms with van der Waals surface area (Å²) in [6.45, 7) is 3.53. The molecular formula is C19H25IN6S. The Bertz CT molecular complexity index is 858. The van der Waals surface area contributed by atoms with Gasteiger partial charge in [-0.1, -0.05) is 25.1 Å². The predicted molar refractivity (Wildman–Crippen MR) is 122 cm³/mol. The molecule has 2 aromatic heterocycles. The number of nitrogens with one attached hydrogen (secondary N) is 1. The lowest BCUT2D eigenvalue weighted by atomic mass is 10.3. The van der Waals surface area contributed by atoms with E-state index in [2.05, 4.69) is 37.6 Å². The van der Waals surface area contributed by atoms with Gasteiger partial charge >= 0.3 is 0 Å². The Kier molecular flexibility index (Phi) is 8.23. The molecule has 1 N–H and O–H groups in total. The Balaban J connectivity index is 0.00000261. The molecule has 27 heavy (non-hydrogen) atoms. The first-order valence-electron chi connectivity index (χ1n) is 8.63. The molecule has 0 spiro atoms. The molecule has 0 bridgehead atoms. The first kappa shape index (κ1) is 21.4. The van der Waals surface area contributed by atoms with E-state index in [1.165, 1.54) is 5.01 Å². The first-order valence-corrected chi connectivity index (χ1v) is 9.51. The average Bonchev–Trinajstić information content (AvgIpc) is 3.32. The van der Waals surface area contributed by atoms with Crippen LogP contribution >= 0.6 is 35.3 Å². The van der Waals surface area contributed by atoms with Gasteiger partial charge in [0.2, 0.25) is 0 Å². The van der Waals surface area contributed by atoms with E-state index in [-0.39, 0.29) is 24.0 Å². The molecule has 0 fully saturated rings. The second-order valence-corrected chi connectivity index (χ2v) is 6.91. The number of aryl methyl sites for hydroxylation is 1. The molecule has 6 nitrogen and oxygen atoms in total. The molecule has 3 aromatic rings. The van der Waals surface area contributed by atoms with Crippen LogP contribution in [0.15, 0.2) is 53.1 Å². The van der Waals surface area contributed by atoms with E-state index in [0.29, 0.717) is 6.54 Å². The summed E-state index contributed by atoms with van der Waals surface area (Å²) in [7, 11) is 3.82. The van der Waals surface area contributed by atoms with Crippen LogP contribution in [0.5, 0.6) is 0 Å². The zero-order valence-electron chi connectivity index (χ0n) is 15.8. The number of nitrogens with zero attached hydrogens (tertiary/aromatic N) is 5. The Labute approximate surface area is 181 Å². The molecule has 0 amide bonds. The van der Waals surface area contributed by atoms with Gasteiger partial charge in [0, 0.05) is 37.8 Å². The van der Waals surface area contributed by atoms with Crippen molar-refractivity contribution in [2.75, 3.05) is 14.1 Å². The van der Waals surface area contributed by atoms with E-state index in [4.69, 9.17) is 0 Å². The molecule has 0 aliphatic carbocycles. The number of para-hydroxylation sites is 1. The number of aliphatic imine (C=N–C) groups is 1.